The summed E-state index contributed by atoms with van der Waals surface area (Å²) >= 11 is 12.1. The summed E-state index contributed by atoms with van der Waals surface area (Å²) in [6, 6.07) is 10.4. The molecule has 1 aromatic carbocycles. The summed E-state index contributed by atoms with van der Waals surface area (Å²) in [5.74, 6) is 1.28. The van der Waals surface area contributed by atoms with Gasteiger partial charge in [0.15, 0.2) is 0 Å². The van der Waals surface area contributed by atoms with Gasteiger partial charge in [0.05, 0.1) is 0 Å². The first-order valence-electron chi connectivity index (χ1n) is 5.42. The van der Waals surface area contributed by atoms with E-state index in [-0.39, 0.29) is 5.41 Å². The number of halogens is 2. The van der Waals surface area contributed by atoms with Crippen molar-refractivity contribution < 1.29 is 0 Å². The predicted octanol–water partition coefficient (Wildman–Crippen LogP) is 4.49. The molecule has 0 N–H and O–H groups in total. The molecule has 0 unspecified atom stereocenters. The zero-order chi connectivity index (χ0) is 11.1. The van der Waals surface area contributed by atoms with E-state index in [1.54, 1.807) is 0 Å². The molecule has 1 aromatic rings. The third-order valence-corrected chi connectivity index (χ3v) is 3.90. The second kappa shape index (κ2) is 6.40. The molecule has 15 heavy (non-hydrogen) atoms. The van der Waals surface area contributed by atoms with Gasteiger partial charge >= 0.3 is 0 Å². The third kappa shape index (κ3) is 3.70. The Balaban J connectivity index is 2.74. The van der Waals surface area contributed by atoms with Crippen LogP contribution < -0.4 is 0 Å². The molecule has 0 aliphatic rings. The highest BCUT2D eigenvalue weighted by atomic mass is 35.5. The Kier molecular flexibility index (Phi) is 5.49. The molecular formula is C13H18Cl2. The lowest BCUT2D eigenvalue weighted by molar-refractivity contribution is 0.341. The predicted molar refractivity (Wildman–Crippen MR) is 68.9 cm³/mol. The van der Waals surface area contributed by atoms with Gasteiger partial charge in [-0.15, -0.1) is 23.2 Å². The van der Waals surface area contributed by atoms with Crippen molar-refractivity contribution in [1.29, 1.82) is 0 Å². The second-order valence-electron chi connectivity index (χ2n) is 4.18. The lowest BCUT2D eigenvalue weighted by Gasteiger charge is -2.29. The smallest absolute Gasteiger partial charge is 0.0294 e. The monoisotopic (exact) mass is 244 g/mol. The van der Waals surface area contributed by atoms with E-state index in [1.165, 1.54) is 5.56 Å². The Morgan fingerprint density at radius 3 is 2.13 bits per heavy atom. The van der Waals surface area contributed by atoms with Crippen molar-refractivity contribution in [3.8, 4) is 0 Å². The van der Waals surface area contributed by atoms with E-state index in [0.29, 0.717) is 11.8 Å². The molecule has 1 rings (SSSR count). The van der Waals surface area contributed by atoms with Gasteiger partial charge in [0.1, 0.15) is 0 Å². The van der Waals surface area contributed by atoms with E-state index in [0.717, 1.165) is 19.3 Å². The molecule has 0 nitrogen and oxygen atoms in total. The molecule has 0 aliphatic heterocycles. The van der Waals surface area contributed by atoms with Crippen molar-refractivity contribution in [1.82, 2.24) is 0 Å². The number of alkyl halides is 2. The third-order valence-electron chi connectivity index (χ3n) is 2.77. The largest absolute Gasteiger partial charge is 0.126 e. The zero-order valence-corrected chi connectivity index (χ0v) is 10.7. The first-order valence-corrected chi connectivity index (χ1v) is 6.49. The van der Waals surface area contributed by atoms with E-state index < -0.39 is 0 Å². The first kappa shape index (κ1) is 12.9. The van der Waals surface area contributed by atoms with Crippen LogP contribution in [0.15, 0.2) is 30.3 Å². The van der Waals surface area contributed by atoms with Crippen molar-refractivity contribution in [2.45, 2.75) is 26.2 Å². The molecule has 0 bridgehead atoms. The molecule has 0 fully saturated rings. The van der Waals surface area contributed by atoms with Crippen molar-refractivity contribution in [3.63, 3.8) is 0 Å². The molecule has 0 aliphatic carbocycles. The zero-order valence-electron chi connectivity index (χ0n) is 9.18. The summed E-state index contributed by atoms with van der Waals surface area (Å²) < 4.78 is 0. The SMILES string of the molecule is CCCC(CCl)(CCl)Cc1ccccc1. The minimum atomic E-state index is 0.0687. The van der Waals surface area contributed by atoms with Crippen molar-refractivity contribution in [3.05, 3.63) is 35.9 Å². The molecule has 84 valence electrons. The van der Waals surface area contributed by atoms with Gasteiger partial charge < -0.3 is 0 Å². The minimum Gasteiger partial charge on any atom is -0.126 e. The van der Waals surface area contributed by atoms with E-state index in [1.807, 2.05) is 6.07 Å². The average Bonchev–Trinajstić information content (AvgIpc) is 2.30. The quantitative estimate of drug-likeness (QED) is 0.647. The Labute approximate surface area is 103 Å². The Bertz CT molecular complexity index is 265. The lowest BCUT2D eigenvalue weighted by Crippen LogP contribution is -2.27. The van der Waals surface area contributed by atoms with Crippen LogP contribution in [0.5, 0.6) is 0 Å². The van der Waals surface area contributed by atoms with Crippen LogP contribution in [0.25, 0.3) is 0 Å². The van der Waals surface area contributed by atoms with Crippen molar-refractivity contribution in [2.24, 2.45) is 5.41 Å². The molecule has 0 atom stereocenters. The van der Waals surface area contributed by atoms with E-state index in [2.05, 4.69) is 31.2 Å². The highest BCUT2D eigenvalue weighted by molar-refractivity contribution is 6.21. The lowest BCUT2D eigenvalue weighted by atomic mass is 9.81. The fourth-order valence-electron chi connectivity index (χ4n) is 1.91. The topological polar surface area (TPSA) is 0 Å². The van der Waals surface area contributed by atoms with Gasteiger partial charge in [-0.25, -0.2) is 0 Å². The normalized spacial score (nSPS) is 11.7. The van der Waals surface area contributed by atoms with Crippen LogP contribution in [-0.4, -0.2) is 11.8 Å². The molecule has 0 spiro atoms. The highest BCUT2D eigenvalue weighted by Gasteiger charge is 2.27. The number of benzene rings is 1. The summed E-state index contributed by atoms with van der Waals surface area (Å²) in [5, 5.41) is 0. The fourth-order valence-corrected chi connectivity index (χ4v) is 2.65. The van der Waals surface area contributed by atoms with Crippen LogP contribution in [0.2, 0.25) is 0 Å². The van der Waals surface area contributed by atoms with Crippen molar-refractivity contribution in [2.75, 3.05) is 11.8 Å². The van der Waals surface area contributed by atoms with Gasteiger partial charge in [-0.3, -0.25) is 0 Å². The molecule has 0 aromatic heterocycles. The maximum Gasteiger partial charge on any atom is 0.0294 e. The van der Waals surface area contributed by atoms with Crippen LogP contribution in [0.3, 0.4) is 0 Å². The van der Waals surface area contributed by atoms with Crippen LogP contribution >= 0.6 is 23.2 Å². The van der Waals surface area contributed by atoms with Crippen LogP contribution in [-0.2, 0) is 6.42 Å². The van der Waals surface area contributed by atoms with Crippen LogP contribution in [0.1, 0.15) is 25.3 Å². The molecule has 2 heteroatoms. The summed E-state index contributed by atoms with van der Waals surface area (Å²) in [5.41, 5.74) is 1.39. The molecule has 0 heterocycles. The maximum absolute atomic E-state index is 6.07. The molecule has 0 radical (unpaired) electrons. The van der Waals surface area contributed by atoms with Gasteiger partial charge in [-0.2, -0.15) is 0 Å². The Hall–Kier alpha value is -0.200. The Morgan fingerprint density at radius 2 is 1.67 bits per heavy atom. The van der Waals surface area contributed by atoms with Gasteiger partial charge in [0.25, 0.3) is 0 Å². The summed E-state index contributed by atoms with van der Waals surface area (Å²) in [6.45, 7) is 2.18. The van der Waals surface area contributed by atoms with E-state index in [4.69, 9.17) is 23.2 Å². The van der Waals surface area contributed by atoms with Gasteiger partial charge in [0, 0.05) is 17.2 Å². The van der Waals surface area contributed by atoms with Crippen LogP contribution in [0.4, 0.5) is 0 Å². The van der Waals surface area contributed by atoms with E-state index in [9.17, 15) is 0 Å². The van der Waals surface area contributed by atoms with Crippen LogP contribution in [0, 0.1) is 5.41 Å². The molecular weight excluding hydrogens is 227 g/mol. The standard InChI is InChI=1S/C13H18Cl2/c1-2-8-13(10-14,11-15)9-12-6-4-3-5-7-12/h3-7H,2,8-11H2,1H3. The average molecular weight is 245 g/mol. The summed E-state index contributed by atoms with van der Waals surface area (Å²) in [6.07, 6.45) is 3.20. The molecule has 0 saturated heterocycles. The molecule has 0 saturated carbocycles. The maximum atomic E-state index is 6.07. The molecule has 0 amide bonds. The Morgan fingerprint density at radius 1 is 1.07 bits per heavy atom. The number of rotatable bonds is 6. The van der Waals surface area contributed by atoms with Gasteiger partial charge in [-0.05, 0) is 18.4 Å². The van der Waals surface area contributed by atoms with Crippen molar-refractivity contribution >= 4 is 23.2 Å². The second-order valence-corrected chi connectivity index (χ2v) is 4.71. The summed E-state index contributed by atoms with van der Waals surface area (Å²) in [4.78, 5) is 0. The fraction of sp³-hybridized carbons (Fsp3) is 0.538. The van der Waals surface area contributed by atoms with E-state index >= 15 is 0 Å². The first-order chi connectivity index (χ1) is 7.26. The van der Waals surface area contributed by atoms with Gasteiger partial charge in [-0.1, -0.05) is 43.7 Å². The minimum absolute atomic E-state index is 0.0687. The highest BCUT2D eigenvalue weighted by Crippen LogP contribution is 2.31. The summed E-state index contributed by atoms with van der Waals surface area (Å²) in [7, 11) is 0. The van der Waals surface area contributed by atoms with Gasteiger partial charge in [0.2, 0.25) is 0 Å². The number of hydrogen-bond acceptors (Lipinski definition) is 0. The number of hydrogen-bond donors (Lipinski definition) is 0.